The molecule has 0 saturated carbocycles. The lowest BCUT2D eigenvalue weighted by Gasteiger charge is -2.35. The fraction of sp³-hybridized carbons (Fsp3) is 0.318. The number of amides is 1. The number of nitrogens with zero attached hydrogens (tertiary/aromatic N) is 1. The molecule has 2 heterocycles. The van der Waals surface area contributed by atoms with Crippen molar-refractivity contribution in [3.8, 4) is 0 Å². The third-order valence-corrected chi connectivity index (χ3v) is 5.93. The summed E-state index contributed by atoms with van der Waals surface area (Å²) in [5.41, 5.74) is 1.61. The van der Waals surface area contributed by atoms with Crippen LogP contribution in [0.3, 0.4) is 0 Å². The molecular weight excluding hydrogens is 396 g/mol. The molecule has 1 aromatic heterocycles. The number of hydrogen-bond acceptors (Lipinski definition) is 2. The fourth-order valence-electron chi connectivity index (χ4n) is 3.99. The van der Waals surface area contributed by atoms with Crippen LogP contribution in [-0.4, -0.2) is 35.4 Å². The van der Waals surface area contributed by atoms with Gasteiger partial charge in [-0.1, -0.05) is 24.1 Å². The summed E-state index contributed by atoms with van der Waals surface area (Å²) in [7, 11) is 0. The third kappa shape index (κ3) is 4.14. The Morgan fingerprint density at radius 3 is 2.69 bits per heavy atom. The molecule has 1 amide bonds. The van der Waals surface area contributed by atoms with Gasteiger partial charge in [-0.25, -0.2) is 8.78 Å². The van der Waals surface area contributed by atoms with Crippen molar-refractivity contribution in [1.29, 1.82) is 0 Å². The highest BCUT2D eigenvalue weighted by atomic mass is 35.5. The van der Waals surface area contributed by atoms with Crippen LogP contribution in [-0.2, 0) is 0 Å². The number of H-pyrrole nitrogens is 1. The van der Waals surface area contributed by atoms with Gasteiger partial charge in [-0.3, -0.25) is 9.69 Å². The minimum atomic E-state index is -0.612. The van der Waals surface area contributed by atoms with E-state index in [-0.39, 0.29) is 18.5 Å². The number of hydrogen-bond donors (Lipinski definition) is 2. The summed E-state index contributed by atoms with van der Waals surface area (Å²) in [5, 5.41) is 4.05. The Kier molecular flexibility index (Phi) is 5.83. The molecular formula is C22H22ClF2N3O. The smallest absolute Gasteiger partial charge is 0.252 e. The minimum Gasteiger partial charge on any atom is -0.361 e. The van der Waals surface area contributed by atoms with Crippen molar-refractivity contribution in [2.45, 2.75) is 25.3 Å². The van der Waals surface area contributed by atoms with Gasteiger partial charge in [0.25, 0.3) is 5.91 Å². The maximum Gasteiger partial charge on any atom is 0.252 e. The van der Waals surface area contributed by atoms with E-state index in [2.05, 4.69) is 15.2 Å². The van der Waals surface area contributed by atoms with Crippen molar-refractivity contribution in [1.82, 2.24) is 15.2 Å². The van der Waals surface area contributed by atoms with Crippen LogP contribution in [0.1, 0.15) is 41.2 Å². The quantitative estimate of drug-likeness (QED) is 0.609. The topological polar surface area (TPSA) is 48.1 Å². The van der Waals surface area contributed by atoms with E-state index in [0.29, 0.717) is 16.1 Å². The van der Waals surface area contributed by atoms with Crippen molar-refractivity contribution in [3.63, 3.8) is 0 Å². The van der Waals surface area contributed by atoms with Crippen LogP contribution in [0.2, 0.25) is 5.02 Å². The monoisotopic (exact) mass is 417 g/mol. The highest BCUT2D eigenvalue weighted by Crippen LogP contribution is 2.29. The molecule has 1 atom stereocenters. The van der Waals surface area contributed by atoms with Crippen LogP contribution in [0, 0.1) is 11.6 Å². The maximum atomic E-state index is 14.5. The SMILES string of the molecule is O=C(NCC(c1ccc(F)cc1F)N1CCCCC1)c1ccc2[nH]ccc2c1Cl. The van der Waals surface area contributed by atoms with Gasteiger partial charge in [-0.05, 0) is 50.2 Å². The lowest BCUT2D eigenvalue weighted by molar-refractivity contribution is 0.0923. The first kappa shape index (κ1) is 19.9. The summed E-state index contributed by atoms with van der Waals surface area (Å²) >= 11 is 6.41. The Hall–Kier alpha value is -2.44. The van der Waals surface area contributed by atoms with E-state index in [1.165, 1.54) is 12.1 Å². The van der Waals surface area contributed by atoms with Crippen molar-refractivity contribution in [2.24, 2.45) is 0 Å². The fourth-order valence-corrected chi connectivity index (χ4v) is 4.31. The summed E-state index contributed by atoms with van der Waals surface area (Å²) in [6.45, 7) is 1.84. The van der Waals surface area contributed by atoms with Crippen molar-refractivity contribution >= 4 is 28.4 Å². The van der Waals surface area contributed by atoms with Crippen LogP contribution in [0.5, 0.6) is 0 Å². The first-order valence-corrected chi connectivity index (χ1v) is 10.1. The second-order valence-electron chi connectivity index (χ2n) is 7.35. The molecule has 2 N–H and O–H groups in total. The second-order valence-corrected chi connectivity index (χ2v) is 7.73. The van der Waals surface area contributed by atoms with Crippen molar-refractivity contribution in [2.75, 3.05) is 19.6 Å². The Labute approximate surface area is 172 Å². The van der Waals surface area contributed by atoms with Crippen LogP contribution < -0.4 is 5.32 Å². The number of benzene rings is 2. The van der Waals surface area contributed by atoms with E-state index >= 15 is 0 Å². The zero-order chi connectivity index (χ0) is 20.4. The van der Waals surface area contributed by atoms with Gasteiger partial charge >= 0.3 is 0 Å². The zero-order valence-corrected chi connectivity index (χ0v) is 16.6. The lowest BCUT2D eigenvalue weighted by Crippen LogP contribution is -2.41. The number of rotatable bonds is 5. The van der Waals surface area contributed by atoms with E-state index in [0.717, 1.165) is 49.3 Å². The summed E-state index contributed by atoms with van der Waals surface area (Å²) < 4.78 is 27.9. The number of aromatic amines is 1. The molecule has 1 aliphatic heterocycles. The average molecular weight is 418 g/mol. The third-order valence-electron chi connectivity index (χ3n) is 5.52. The summed E-state index contributed by atoms with van der Waals surface area (Å²) in [5.74, 6) is -1.52. The van der Waals surface area contributed by atoms with E-state index in [1.807, 2.05) is 6.07 Å². The van der Waals surface area contributed by atoms with Gasteiger partial charge in [-0.2, -0.15) is 0 Å². The first-order valence-electron chi connectivity index (χ1n) is 9.77. The predicted octanol–water partition coefficient (Wildman–Crippen LogP) is 5.06. The molecule has 7 heteroatoms. The number of likely N-dealkylation sites (tertiary alicyclic amines) is 1. The van der Waals surface area contributed by atoms with Crippen LogP contribution in [0.15, 0.2) is 42.6 Å². The predicted molar refractivity (Wildman–Crippen MR) is 110 cm³/mol. The number of carbonyl (C=O) groups is 1. The summed E-state index contributed by atoms with van der Waals surface area (Å²) in [6, 6.07) is 8.55. The minimum absolute atomic E-state index is 0.211. The highest BCUT2D eigenvalue weighted by molar-refractivity contribution is 6.38. The van der Waals surface area contributed by atoms with E-state index in [4.69, 9.17) is 11.6 Å². The molecule has 0 aliphatic carbocycles. The van der Waals surface area contributed by atoms with Gasteiger partial charge in [0.05, 0.1) is 16.6 Å². The number of aromatic nitrogens is 1. The van der Waals surface area contributed by atoms with Gasteiger partial charge in [-0.15, -0.1) is 0 Å². The van der Waals surface area contributed by atoms with Gasteiger partial charge < -0.3 is 10.3 Å². The molecule has 0 bridgehead atoms. The van der Waals surface area contributed by atoms with Gasteiger partial charge in [0.15, 0.2) is 0 Å². The number of nitrogens with one attached hydrogen (secondary N) is 2. The van der Waals surface area contributed by atoms with Crippen LogP contribution in [0.4, 0.5) is 8.78 Å². The summed E-state index contributed by atoms with van der Waals surface area (Å²) in [6.07, 6.45) is 4.93. The molecule has 4 nitrogen and oxygen atoms in total. The van der Waals surface area contributed by atoms with Crippen molar-refractivity contribution in [3.05, 3.63) is 70.4 Å². The normalized spacial score (nSPS) is 16.1. The van der Waals surface area contributed by atoms with Crippen molar-refractivity contribution < 1.29 is 13.6 Å². The Morgan fingerprint density at radius 1 is 1.14 bits per heavy atom. The molecule has 1 saturated heterocycles. The Balaban J connectivity index is 1.56. The molecule has 2 aromatic carbocycles. The Morgan fingerprint density at radius 2 is 1.93 bits per heavy atom. The van der Waals surface area contributed by atoms with E-state index in [9.17, 15) is 13.6 Å². The molecule has 1 fully saturated rings. The second kappa shape index (κ2) is 8.51. The lowest BCUT2D eigenvalue weighted by atomic mass is 10.0. The molecule has 152 valence electrons. The summed E-state index contributed by atoms with van der Waals surface area (Å²) in [4.78, 5) is 18.0. The first-order chi connectivity index (χ1) is 14.0. The van der Waals surface area contributed by atoms with E-state index < -0.39 is 11.6 Å². The van der Waals surface area contributed by atoms with Gasteiger partial charge in [0.2, 0.25) is 0 Å². The number of fused-ring (bicyclic) bond motifs is 1. The van der Waals surface area contributed by atoms with Gasteiger partial charge in [0.1, 0.15) is 11.6 Å². The molecule has 3 aromatic rings. The molecule has 4 rings (SSSR count). The molecule has 0 spiro atoms. The molecule has 1 aliphatic rings. The zero-order valence-electron chi connectivity index (χ0n) is 15.9. The number of piperidine rings is 1. The number of carbonyl (C=O) groups excluding carboxylic acids is 1. The maximum absolute atomic E-state index is 14.5. The van der Waals surface area contributed by atoms with Crippen LogP contribution in [0.25, 0.3) is 10.9 Å². The van der Waals surface area contributed by atoms with Gasteiger partial charge in [0, 0.05) is 35.3 Å². The molecule has 0 radical (unpaired) electrons. The largest absolute Gasteiger partial charge is 0.361 e. The average Bonchev–Trinajstić information content (AvgIpc) is 3.20. The Bertz CT molecular complexity index is 1030. The van der Waals surface area contributed by atoms with Crippen LogP contribution >= 0.6 is 11.6 Å². The molecule has 1 unspecified atom stereocenters. The highest BCUT2D eigenvalue weighted by Gasteiger charge is 2.26. The van der Waals surface area contributed by atoms with E-state index in [1.54, 1.807) is 18.3 Å². The molecule has 29 heavy (non-hydrogen) atoms. The number of halogens is 3. The standard InChI is InChI=1S/C22H22ClF2N3O/c23-21-16-8-9-26-19(16)7-6-17(21)22(29)27-13-20(28-10-2-1-3-11-28)15-5-4-14(24)12-18(15)25/h4-9,12,20,26H,1-3,10-11,13H2,(H,27,29).